The van der Waals surface area contributed by atoms with Crippen LogP contribution in [0.2, 0.25) is 0 Å². The Kier molecular flexibility index (Phi) is 6.27. The third-order valence-electron chi connectivity index (χ3n) is 4.85. The summed E-state index contributed by atoms with van der Waals surface area (Å²) in [5.74, 6) is -0.267. The maximum absolute atomic E-state index is 12.6. The first-order valence-electron chi connectivity index (χ1n) is 9.35. The number of anilines is 1. The fourth-order valence-corrected chi connectivity index (χ4v) is 3.31. The Morgan fingerprint density at radius 3 is 2.58 bits per heavy atom. The standard InChI is InChI=1S/C18H27N5O3/c1-2-17(24)26-23-10-4-3-5-16(23)20-18(25)22-13-11-21(12-14-22)15-6-8-19-9-7-15/h6-9,16H,2-5,10-14H2,1H3,(H,20,25). The van der Waals surface area contributed by atoms with Gasteiger partial charge in [0.25, 0.3) is 0 Å². The Bertz CT molecular complexity index is 604. The van der Waals surface area contributed by atoms with Crippen LogP contribution in [0.4, 0.5) is 10.5 Å². The van der Waals surface area contributed by atoms with E-state index in [9.17, 15) is 9.59 Å². The van der Waals surface area contributed by atoms with Gasteiger partial charge in [-0.2, -0.15) is 0 Å². The van der Waals surface area contributed by atoms with Crippen LogP contribution in [0.15, 0.2) is 24.5 Å². The average molecular weight is 361 g/mol. The van der Waals surface area contributed by atoms with Crippen LogP contribution >= 0.6 is 0 Å². The minimum Gasteiger partial charge on any atom is -0.368 e. The van der Waals surface area contributed by atoms with Gasteiger partial charge in [0.05, 0.1) is 0 Å². The van der Waals surface area contributed by atoms with Crippen molar-refractivity contribution in [3.05, 3.63) is 24.5 Å². The highest BCUT2D eigenvalue weighted by atomic mass is 16.7. The molecule has 2 saturated heterocycles. The van der Waals surface area contributed by atoms with Crippen LogP contribution in [-0.4, -0.2) is 65.8 Å². The van der Waals surface area contributed by atoms with E-state index in [4.69, 9.17) is 4.84 Å². The third-order valence-corrected chi connectivity index (χ3v) is 4.85. The van der Waals surface area contributed by atoms with Gasteiger partial charge in [0.15, 0.2) is 0 Å². The van der Waals surface area contributed by atoms with Crippen LogP contribution in [0.3, 0.4) is 0 Å². The minimum atomic E-state index is -0.267. The first-order valence-corrected chi connectivity index (χ1v) is 9.35. The normalized spacial score (nSPS) is 21.3. The second-order valence-corrected chi connectivity index (χ2v) is 6.60. The SMILES string of the molecule is CCC(=O)ON1CCCCC1NC(=O)N1CCN(c2ccncc2)CC1. The highest BCUT2D eigenvalue weighted by Crippen LogP contribution is 2.18. The van der Waals surface area contributed by atoms with E-state index in [0.717, 1.165) is 38.0 Å². The molecule has 8 heteroatoms. The number of piperazine rings is 1. The second kappa shape index (κ2) is 8.84. The van der Waals surface area contributed by atoms with Gasteiger partial charge in [0.2, 0.25) is 0 Å². The number of pyridine rings is 1. The van der Waals surface area contributed by atoms with Crippen LogP contribution < -0.4 is 10.2 Å². The first kappa shape index (κ1) is 18.4. The number of aromatic nitrogens is 1. The highest BCUT2D eigenvalue weighted by Gasteiger charge is 2.29. The number of hydrogen-bond acceptors (Lipinski definition) is 6. The van der Waals surface area contributed by atoms with Gasteiger partial charge in [-0.15, -0.1) is 5.06 Å². The number of carbonyl (C=O) groups is 2. The molecule has 2 fully saturated rings. The van der Waals surface area contributed by atoms with Gasteiger partial charge in [0.1, 0.15) is 6.17 Å². The Hall–Kier alpha value is -2.35. The predicted molar refractivity (Wildman–Crippen MR) is 97.3 cm³/mol. The van der Waals surface area contributed by atoms with E-state index in [1.54, 1.807) is 24.4 Å². The number of piperidine rings is 1. The van der Waals surface area contributed by atoms with Gasteiger partial charge in [-0.3, -0.25) is 9.78 Å². The van der Waals surface area contributed by atoms with Crippen LogP contribution in [0, 0.1) is 0 Å². The van der Waals surface area contributed by atoms with E-state index < -0.39 is 0 Å². The van der Waals surface area contributed by atoms with E-state index >= 15 is 0 Å². The fourth-order valence-electron chi connectivity index (χ4n) is 3.31. The minimum absolute atomic E-state index is 0.0937. The van der Waals surface area contributed by atoms with Crippen LogP contribution in [0.5, 0.6) is 0 Å². The van der Waals surface area contributed by atoms with Gasteiger partial charge in [0, 0.05) is 57.2 Å². The lowest BCUT2D eigenvalue weighted by Gasteiger charge is -2.38. The number of nitrogens with zero attached hydrogens (tertiary/aromatic N) is 4. The van der Waals surface area contributed by atoms with E-state index in [2.05, 4.69) is 15.2 Å². The molecule has 0 aliphatic carbocycles. The quantitative estimate of drug-likeness (QED) is 0.878. The summed E-state index contributed by atoms with van der Waals surface area (Å²) in [4.78, 5) is 37.7. The highest BCUT2D eigenvalue weighted by molar-refractivity contribution is 5.75. The van der Waals surface area contributed by atoms with Crippen molar-refractivity contribution >= 4 is 17.7 Å². The van der Waals surface area contributed by atoms with E-state index in [-0.39, 0.29) is 18.2 Å². The largest absolute Gasteiger partial charge is 0.368 e. The molecule has 3 rings (SSSR count). The number of amides is 2. The van der Waals surface area contributed by atoms with Gasteiger partial charge < -0.3 is 20.0 Å². The summed E-state index contributed by atoms with van der Waals surface area (Å²) in [6, 6.07) is 3.87. The molecule has 1 aromatic heterocycles. The third kappa shape index (κ3) is 4.63. The van der Waals surface area contributed by atoms with Crippen molar-refractivity contribution < 1.29 is 14.4 Å². The second-order valence-electron chi connectivity index (χ2n) is 6.60. The molecular weight excluding hydrogens is 334 g/mol. The molecule has 0 saturated carbocycles. The molecule has 1 atom stereocenters. The summed E-state index contributed by atoms with van der Waals surface area (Å²) in [6.07, 6.45) is 6.42. The van der Waals surface area contributed by atoms with Crippen molar-refractivity contribution in [1.29, 1.82) is 0 Å². The lowest BCUT2D eigenvalue weighted by atomic mass is 10.1. The van der Waals surface area contributed by atoms with Gasteiger partial charge in [-0.25, -0.2) is 4.79 Å². The lowest BCUT2D eigenvalue weighted by Crippen LogP contribution is -2.57. The molecule has 0 aromatic carbocycles. The zero-order chi connectivity index (χ0) is 18.4. The van der Waals surface area contributed by atoms with Gasteiger partial charge in [-0.1, -0.05) is 6.92 Å². The molecule has 2 aliphatic heterocycles. The van der Waals surface area contributed by atoms with Crippen molar-refractivity contribution in [1.82, 2.24) is 20.3 Å². The Balaban J connectivity index is 1.50. The molecule has 26 heavy (non-hydrogen) atoms. The Labute approximate surface area is 154 Å². The maximum atomic E-state index is 12.6. The Morgan fingerprint density at radius 2 is 1.88 bits per heavy atom. The average Bonchev–Trinajstić information content (AvgIpc) is 2.70. The molecule has 1 aromatic rings. The number of urea groups is 1. The molecule has 1 N–H and O–H groups in total. The molecule has 2 aliphatic rings. The lowest BCUT2D eigenvalue weighted by molar-refractivity contribution is -0.210. The van der Waals surface area contributed by atoms with Crippen molar-refractivity contribution in [2.24, 2.45) is 0 Å². The van der Waals surface area contributed by atoms with Crippen molar-refractivity contribution in [3.8, 4) is 0 Å². The molecule has 2 amide bonds. The molecule has 3 heterocycles. The number of carbonyl (C=O) groups excluding carboxylic acids is 2. The molecule has 8 nitrogen and oxygen atoms in total. The van der Waals surface area contributed by atoms with E-state index in [1.165, 1.54) is 0 Å². The zero-order valence-electron chi connectivity index (χ0n) is 15.3. The number of hydroxylamine groups is 2. The molecule has 0 spiro atoms. The summed E-state index contributed by atoms with van der Waals surface area (Å²) in [5, 5.41) is 4.66. The molecular formula is C18H27N5O3. The summed E-state index contributed by atoms with van der Waals surface area (Å²) in [7, 11) is 0. The predicted octanol–water partition coefficient (Wildman–Crippen LogP) is 1.59. The molecule has 0 bridgehead atoms. The fraction of sp³-hybridized carbons (Fsp3) is 0.611. The summed E-state index contributed by atoms with van der Waals surface area (Å²) in [6.45, 7) is 5.33. The molecule has 1 unspecified atom stereocenters. The summed E-state index contributed by atoms with van der Waals surface area (Å²) < 4.78 is 0. The number of hydrogen-bond donors (Lipinski definition) is 1. The first-order chi connectivity index (χ1) is 12.7. The molecule has 142 valence electrons. The zero-order valence-corrected chi connectivity index (χ0v) is 15.3. The van der Waals surface area contributed by atoms with Crippen LogP contribution in [-0.2, 0) is 9.63 Å². The van der Waals surface area contributed by atoms with Crippen molar-refractivity contribution in [3.63, 3.8) is 0 Å². The Morgan fingerprint density at radius 1 is 1.15 bits per heavy atom. The maximum Gasteiger partial charge on any atom is 0.324 e. The van der Waals surface area contributed by atoms with Crippen LogP contribution in [0.25, 0.3) is 0 Å². The summed E-state index contributed by atoms with van der Waals surface area (Å²) >= 11 is 0. The topological polar surface area (TPSA) is 78.0 Å². The van der Waals surface area contributed by atoms with E-state index in [1.807, 2.05) is 17.0 Å². The van der Waals surface area contributed by atoms with Gasteiger partial charge >= 0.3 is 12.0 Å². The van der Waals surface area contributed by atoms with Crippen molar-refractivity contribution in [2.75, 3.05) is 37.6 Å². The summed E-state index contributed by atoms with van der Waals surface area (Å²) in [5.41, 5.74) is 1.13. The number of rotatable bonds is 4. The molecule has 0 radical (unpaired) electrons. The number of nitrogens with one attached hydrogen (secondary N) is 1. The van der Waals surface area contributed by atoms with E-state index in [0.29, 0.717) is 26.1 Å². The monoisotopic (exact) mass is 361 g/mol. The van der Waals surface area contributed by atoms with Crippen LogP contribution in [0.1, 0.15) is 32.6 Å². The van der Waals surface area contributed by atoms with Crippen molar-refractivity contribution in [2.45, 2.75) is 38.8 Å². The van der Waals surface area contributed by atoms with Gasteiger partial charge in [-0.05, 0) is 31.4 Å². The smallest absolute Gasteiger partial charge is 0.324 e.